The van der Waals surface area contributed by atoms with E-state index in [0.29, 0.717) is 19.8 Å². The minimum absolute atomic E-state index is 0.143. The van der Waals surface area contributed by atoms with Crippen molar-refractivity contribution in [2.75, 3.05) is 33.5 Å². The Balaban J connectivity index is 3.98. The molecule has 0 aliphatic carbocycles. The third kappa shape index (κ3) is 11.5. The molecule has 0 radical (unpaired) electrons. The van der Waals surface area contributed by atoms with Gasteiger partial charge in [-0.2, -0.15) is 0 Å². The van der Waals surface area contributed by atoms with E-state index >= 15 is 0 Å². The van der Waals surface area contributed by atoms with Gasteiger partial charge in [0.05, 0.1) is 25.4 Å². The highest BCUT2D eigenvalue weighted by molar-refractivity contribution is 6.16. The molecule has 0 aromatic heterocycles. The number of ether oxygens (including phenoxy) is 3. The number of allylic oxidation sites excluding steroid dienone is 1. The van der Waals surface area contributed by atoms with E-state index in [1.54, 1.807) is 13.2 Å². The first-order valence-electron chi connectivity index (χ1n) is 8.08. The molecule has 0 aromatic carbocycles. The predicted octanol–water partition coefficient (Wildman–Crippen LogP) is 3.07. The Hall–Kier alpha value is -1.20. The van der Waals surface area contributed by atoms with Crippen LogP contribution in [0.1, 0.15) is 52.4 Å². The number of esters is 1. The van der Waals surface area contributed by atoms with Crippen molar-refractivity contribution in [2.24, 2.45) is 0 Å². The van der Waals surface area contributed by atoms with Crippen molar-refractivity contribution in [3.63, 3.8) is 0 Å². The summed E-state index contributed by atoms with van der Waals surface area (Å²) in [4.78, 5) is 23.4. The summed E-state index contributed by atoms with van der Waals surface area (Å²) < 4.78 is 15.1. The second-order valence-electron chi connectivity index (χ2n) is 5.12. The van der Waals surface area contributed by atoms with Crippen LogP contribution < -0.4 is 0 Å². The van der Waals surface area contributed by atoms with Crippen molar-refractivity contribution in [1.82, 2.24) is 0 Å². The van der Waals surface area contributed by atoms with Gasteiger partial charge in [-0.3, -0.25) is 4.79 Å². The van der Waals surface area contributed by atoms with Gasteiger partial charge in [0.15, 0.2) is 5.78 Å². The molecule has 0 saturated heterocycles. The van der Waals surface area contributed by atoms with Crippen molar-refractivity contribution in [2.45, 2.75) is 52.4 Å². The van der Waals surface area contributed by atoms with E-state index in [2.05, 4.69) is 6.92 Å². The lowest BCUT2D eigenvalue weighted by atomic mass is 10.1. The molecule has 0 saturated carbocycles. The third-order valence-corrected chi connectivity index (χ3v) is 3.15. The Morgan fingerprint density at radius 2 is 1.64 bits per heavy atom. The molecule has 0 amide bonds. The quantitative estimate of drug-likeness (QED) is 0.162. The highest BCUT2D eigenvalue weighted by Gasteiger charge is 2.15. The van der Waals surface area contributed by atoms with Crippen LogP contribution in [0.25, 0.3) is 0 Å². The molecule has 0 aliphatic rings. The molecule has 128 valence electrons. The number of unbranched alkanes of at least 4 members (excludes halogenated alkanes) is 5. The third-order valence-electron chi connectivity index (χ3n) is 3.15. The van der Waals surface area contributed by atoms with E-state index in [1.165, 1.54) is 26.2 Å². The number of Topliss-reactive ketones (excluding diaryl/α,β-unsaturated/α-hetero) is 1. The maximum atomic E-state index is 11.8. The fourth-order valence-electron chi connectivity index (χ4n) is 1.88. The van der Waals surface area contributed by atoms with Gasteiger partial charge < -0.3 is 14.2 Å². The van der Waals surface area contributed by atoms with Crippen LogP contribution in [0.3, 0.4) is 0 Å². The van der Waals surface area contributed by atoms with Gasteiger partial charge in [-0.25, -0.2) is 4.79 Å². The SMILES string of the molecule is CCCCCCC/C=C(\C(C)=O)C(=O)OCCOCCOC. The van der Waals surface area contributed by atoms with Gasteiger partial charge in [0.25, 0.3) is 0 Å². The van der Waals surface area contributed by atoms with Crippen molar-refractivity contribution in [3.05, 3.63) is 11.6 Å². The van der Waals surface area contributed by atoms with Crippen LogP contribution in [-0.4, -0.2) is 45.3 Å². The lowest BCUT2D eigenvalue weighted by Gasteiger charge is -2.07. The number of ketones is 1. The summed E-state index contributed by atoms with van der Waals surface area (Å²) in [7, 11) is 1.59. The number of methoxy groups -OCH3 is 1. The second kappa shape index (κ2) is 14.7. The van der Waals surface area contributed by atoms with Crippen molar-refractivity contribution in [3.8, 4) is 0 Å². The summed E-state index contributed by atoms with van der Waals surface area (Å²) in [6.07, 6.45) is 8.17. The molecule has 0 spiro atoms. The molecule has 22 heavy (non-hydrogen) atoms. The largest absolute Gasteiger partial charge is 0.460 e. The smallest absolute Gasteiger partial charge is 0.341 e. The average molecular weight is 314 g/mol. The van der Waals surface area contributed by atoms with Gasteiger partial charge >= 0.3 is 5.97 Å². The Labute approximate surface area is 134 Å². The summed E-state index contributed by atoms with van der Waals surface area (Å²) >= 11 is 0. The molecule has 0 fully saturated rings. The molecule has 0 rings (SSSR count). The number of rotatable bonds is 14. The molecule has 0 atom stereocenters. The van der Waals surface area contributed by atoms with Crippen molar-refractivity contribution < 1.29 is 23.8 Å². The van der Waals surface area contributed by atoms with Gasteiger partial charge in [0, 0.05) is 7.11 Å². The highest BCUT2D eigenvalue weighted by Crippen LogP contribution is 2.09. The Morgan fingerprint density at radius 1 is 0.955 bits per heavy atom. The minimum atomic E-state index is -0.559. The Kier molecular flexibility index (Phi) is 13.9. The molecular weight excluding hydrogens is 284 g/mol. The molecule has 5 heteroatoms. The highest BCUT2D eigenvalue weighted by atomic mass is 16.6. The van der Waals surface area contributed by atoms with E-state index in [9.17, 15) is 9.59 Å². The molecule has 0 aliphatic heterocycles. The number of carbonyl (C=O) groups is 2. The van der Waals surface area contributed by atoms with E-state index in [1.807, 2.05) is 0 Å². The lowest BCUT2D eigenvalue weighted by molar-refractivity contribution is -0.141. The van der Waals surface area contributed by atoms with Gasteiger partial charge in [0.2, 0.25) is 0 Å². The first-order valence-corrected chi connectivity index (χ1v) is 8.08. The molecule has 0 heterocycles. The summed E-state index contributed by atoms with van der Waals surface area (Å²) in [5, 5.41) is 0. The topological polar surface area (TPSA) is 61.8 Å². The van der Waals surface area contributed by atoms with Gasteiger partial charge in [-0.05, 0) is 19.8 Å². The zero-order valence-corrected chi connectivity index (χ0v) is 14.2. The van der Waals surface area contributed by atoms with E-state index in [4.69, 9.17) is 14.2 Å². The van der Waals surface area contributed by atoms with Crippen molar-refractivity contribution >= 4 is 11.8 Å². The first kappa shape index (κ1) is 20.8. The predicted molar refractivity (Wildman–Crippen MR) is 85.8 cm³/mol. The lowest BCUT2D eigenvalue weighted by Crippen LogP contribution is -2.17. The van der Waals surface area contributed by atoms with Crippen LogP contribution in [0.15, 0.2) is 11.6 Å². The standard InChI is InChI=1S/C17H30O5/c1-4-5-6-7-8-9-10-16(15(2)18)17(19)22-14-13-21-12-11-20-3/h10H,4-9,11-14H2,1-3H3/b16-10+. The van der Waals surface area contributed by atoms with Crippen LogP contribution in [0, 0.1) is 0 Å². The van der Waals surface area contributed by atoms with Crippen LogP contribution >= 0.6 is 0 Å². The molecule has 0 unspecified atom stereocenters. The second-order valence-corrected chi connectivity index (χ2v) is 5.12. The summed E-state index contributed by atoms with van der Waals surface area (Å²) in [5.41, 5.74) is 0.146. The summed E-state index contributed by atoms with van der Waals surface area (Å²) in [5.74, 6) is -0.810. The van der Waals surface area contributed by atoms with Gasteiger partial charge in [-0.15, -0.1) is 0 Å². The number of hydrogen-bond donors (Lipinski definition) is 0. The summed E-state index contributed by atoms with van der Waals surface area (Å²) in [6.45, 7) is 4.97. The van der Waals surface area contributed by atoms with Crippen LogP contribution in [0.2, 0.25) is 0 Å². The fraction of sp³-hybridized carbons (Fsp3) is 0.765. The maximum Gasteiger partial charge on any atom is 0.341 e. The molecular formula is C17H30O5. The van der Waals surface area contributed by atoms with E-state index in [0.717, 1.165) is 19.3 Å². The summed E-state index contributed by atoms with van der Waals surface area (Å²) in [6, 6.07) is 0. The van der Waals surface area contributed by atoms with Gasteiger partial charge in [-0.1, -0.05) is 38.7 Å². The molecule has 5 nitrogen and oxygen atoms in total. The zero-order valence-electron chi connectivity index (χ0n) is 14.2. The normalized spacial score (nSPS) is 11.5. The molecule has 0 N–H and O–H groups in total. The monoisotopic (exact) mass is 314 g/mol. The molecule has 0 bridgehead atoms. The minimum Gasteiger partial charge on any atom is -0.460 e. The average Bonchev–Trinajstić information content (AvgIpc) is 2.49. The van der Waals surface area contributed by atoms with Crippen LogP contribution in [0.5, 0.6) is 0 Å². The Morgan fingerprint density at radius 3 is 2.27 bits per heavy atom. The van der Waals surface area contributed by atoms with Gasteiger partial charge in [0.1, 0.15) is 6.61 Å². The zero-order chi connectivity index (χ0) is 16.6. The van der Waals surface area contributed by atoms with E-state index < -0.39 is 5.97 Å². The maximum absolute atomic E-state index is 11.8. The first-order chi connectivity index (χ1) is 10.6. The van der Waals surface area contributed by atoms with E-state index in [-0.39, 0.29) is 18.0 Å². The van der Waals surface area contributed by atoms with Crippen LogP contribution in [0.4, 0.5) is 0 Å². The Bertz CT molecular complexity index is 336. The van der Waals surface area contributed by atoms with Crippen molar-refractivity contribution in [1.29, 1.82) is 0 Å². The molecule has 0 aromatic rings. The number of carbonyl (C=O) groups excluding carboxylic acids is 2. The van der Waals surface area contributed by atoms with Crippen LogP contribution in [-0.2, 0) is 23.8 Å². The fourth-order valence-corrected chi connectivity index (χ4v) is 1.88. The number of hydrogen-bond acceptors (Lipinski definition) is 5.